The van der Waals surface area contributed by atoms with Gasteiger partial charge in [-0.3, -0.25) is 4.79 Å². The number of ether oxygens (including phenoxy) is 2. The molecule has 5 nitrogen and oxygen atoms in total. The van der Waals surface area contributed by atoms with Gasteiger partial charge in [0.2, 0.25) is 0 Å². The van der Waals surface area contributed by atoms with Gasteiger partial charge in [0.1, 0.15) is 34.7 Å². The van der Waals surface area contributed by atoms with E-state index in [4.69, 9.17) is 9.47 Å². The average Bonchev–Trinajstić information content (AvgIpc) is 3.16. The molecule has 0 aliphatic rings. The highest BCUT2D eigenvalue weighted by Crippen LogP contribution is 2.29. The van der Waals surface area contributed by atoms with E-state index in [1.165, 1.54) is 29.5 Å². The van der Waals surface area contributed by atoms with Crippen molar-refractivity contribution in [3.8, 4) is 16.3 Å². The molecule has 0 saturated heterocycles. The third kappa shape index (κ3) is 5.11. The summed E-state index contributed by atoms with van der Waals surface area (Å²) in [5.74, 6) is -0.888. The fourth-order valence-electron chi connectivity index (χ4n) is 2.41. The fourth-order valence-corrected chi connectivity index (χ4v) is 3.24. The Hall–Kier alpha value is -2.84. The Morgan fingerprint density at radius 2 is 2.07 bits per heavy atom. The van der Waals surface area contributed by atoms with Crippen LogP contribution in [-0.2, 0) is 11.3 Å². The largest absolute Gasteiger partial charge is 0.489 e. The fraction of sp³-hybridized carbons (Fsp3) is 0.200. The predicted molar refractivity (Wildman–Crippen MR) is 102 cm³/mol. The van der Waals surface area contributed by atoms with E-state index < -0.39 is 5.82 Å². The molecule has 28 heavy (non-hydrogen) atoms. The van der Waals surface area contributed by atoms with Gasteiger partial charge in [-0.1, -0.05) is 12.1 Å². The Kier molecular flexibility index (Phi) is 6.67. The molecule has 0 radical (unpaired) electrons. The molecule has 146 valence electrons. The number of nitrogens with one attached hydrogen (secondary N) is 1. The number of hydrogen-bond acceptors (Lipinski definition) is 5. The number of rotatable bonds is 8. The van der Waals surface area contributed by atoms with Gasteiger partial charge in [0, 0.05) is 30.7 Å². The predicted octanol–water partition coefficient (Wildman–Crippen LogP) is 4.04. The van der Waals surface area contributed by atoms with Crippen LogP contribution >= 0.6 is 11.3 Å². The van der Waals surface area contributed by atoms with E-state index in [1.54, 1.807) is 36.8 Å². The summed E-state index contributed by atoms with van der Waals surface area (Å²) in [7, 11) is 1.54. The second-order valence-corrected chi connectivity index (χ2v) is 6.70. The third-order valence-electron chi connectivity index (χ3n) is 3.79. The maximum Gasteiger partial charge on any atom is 0.270 e. The standard InChI is InChI=1S/C20H18F2N2O3S/c1-26-8-7-23-19(25)18-12-28-20(24-18)16-6-5-15(10-17(16)22)27-11-13-3-2-4-14(21)9-13/h2-6,9-10,12H,7-8,11H2,1H3,(H,23,25). The molecular formula is C20H18F2N2O3S. The molecular weight excluding hydrogens is 386 g/mol. The van der Waals surface area contributed by atoms with Crippen LogP contribution in [0.2, 0.25) is 0 Å². The van der Waals surface area contributed by atoms with Crippen molar-refractivity contribution in [2.24, 2.45) is 0 Å². The normalized spacial score (nSPS) is 10.7. The molecule has 2 aromatic carbocycles. The lowest BCUT2D eigenvalue weighted by Crippen LogP contribution is -2.27. The number of hydrogen-bond donors (Lipinski definition) is 1. The van der Waals surface area contributed by atoms with Crippen molar-refractivity contribution in [2.45, 2.75) is 6.61 Å². The first-order valence-electron chi connectivity index (χ1n) is 8.46. The molecule has 3 aromatic rings. The number of nitrogens with zero attached hydrogens (tertiary/aromatic N) is 1. The summed E-state index contributed by atoms with van der Waals surface area (Å²) in [6, 6.07) is 10.4. The quantitative estimate of drug-likeness (QED) is 0.576. The monoisotopic (exact) mass is 404 g/mol. The van der Waals surface area contributed by atoms with Crippen molar-refractivity contribution in [3.05, 3.63) is 70.7 Å². The minimum Gasteiger partial charge on any atom is -0.489 e. The zero-order valence-electron chi connectivity index (χ0n) is 15.1. The molecule has 0 aliphatic carbocycles. The van der Waals surface area contributed by atoms with E-state index in [0.717, 1.165) is 0 Å². The first-order valence-corrected chi connectivity index (χ1v) is 9.34. The summed E-state index contributed by atoms with van der Waals surface area (Å²) >= 11 is 1.18. The number of halogens is 2. The molecule has 1 aromatic heterocycles. The van der Waals surface area contributed by atoms with Gasteiger partial charge < -0.3 is 14.8 Å². The van der Waals surface area contributed by atoms with E-state index in [0.29, 0.717) is 29.5 Å². The van der Waals surface area contributed by atoms with Crippen LogP contribution in [0, 0.1) is 11.6 Å². The summed E-state index contributed by atoms with van der Waals surface area (Å²) < 4.78 is 38.1. The SMILES string of the molecule is COCCNC(=O)c1csc(-c2ccc(OCc3cccc(F)c3)cc2F)n1. The maximum atomic E-state index is 14.5. The van der Waals surface area contributed by atoms with Crippen molar-refractivity contribution < 1.29 is 23.0 Å². The number of benzene rings is 2. The smallest absolute Gasteiger partial charge is 0.270 e. The van der Waals surface area contributed by atoms with Gasteiger partial charge in [0.05, 0.1) is 6.61 Å². The number of thiazole rings is 1. The van der Waals surface area contributed by atoms with Crippen LogP contribution in [0.25, 0.3) is 10.6 Å². The first-order chi connectivity index (χ1) is 13.6. The van der Waals surface area contributed by atoms with E-state index >= 15 is 0 Å². The number of methoxy groups -OCH3 is 1. The third-order valence-corrected chi connectivity index (χ3v) is 4.67. The van der Waals surface area contributed by atoms with Crippen LogP contribution in [0.3, 0.4) is 0 Å². The van der Waals surface area contributed by atoms with Gasteiger partial charge >= 0.3 is 0 Å². The molecule has 3 rings (SSSR count). The summed E-state index contributed by atoms with van der Waals surface area (Å²) in [5, 5.41) is 4.63. The number of carbonyl (C=O) groups is 1. The highest BCUT2D eigenvalue weighted by atomic mass is 32.1. The molecule has 0 saturated carbocycles. The van der Waals surface area contributed by atoms with Crippen LogP contribution < -0.4 is 10.1 Å². The minimum atomic E-state index is -0.516. The molecule has 1 amide bonds. The lowest BCUT2D eigenvalue weighted by atomic mass is 10.2. The minimum absolute atomic E-state index is 0.125. The topological polar surface area (TPSA) is 60.5 Å². The van der Waals surface area contributed by atoms with Gasteiger partial charge in [-0.2, -0.15) is 0 Å². The Morgan fingerprint density at radius 3 is 2.82 bits per heavy atom. The van der Waals surface area contributed by atoms with E-state index in [1.807, 2.05) is 0 Å². The molecule has 1 heterocycles. The lowest BCUT2D eigenvalue weighted by Gasteiger charge is -2.08. The summed E-state index contributed by atoms with van der Waals surface area (Å²) in [6.45, 7) is 0.891. The van der Waals surface area contributed by atoms with Crippen molar-refractivity contribution in [2.75, 3.05) is 20.3 Å². The Morgan fingerprint density at radius 1 is 1.21 bits per heavy atom. The van der Waals surface area contributed by atoms with Gasteiger partial charge in [-0.25, -0.2) is 13.8 Å². The highest BCUT2D eigenvalue weighted by Gasteiger charge is 2.15. The molecule has 0 bridgehead atoms. The molecule has 0 fully saturated rings. The highest BCUT2D eigenvalue weighted by molar-refractivity contribution is 7.13. The van der Waals surface area contributed by atoms with E-state index in [-0.39, 0.29) is 29.6 Å². The Labute approximate surface area is 164 Å². The van der Waals surface area contributed by atoms with Crippen molar-refractivity contribution >= 4 is 17.2 Å². The first kappa shape index (κ1) is 19.9. The van der Waals surface area contributed by atoms with Gasteiger partial charge in [-0.15, -0.1) is 11.3 Å². The average molecular weight is 404 g/mol. The lowest BCUT2D eigenvalue weighted by molar-refractivity contribution is 0.0933. The van der Waals surface area contributed by atoms with Crippen LogP contribution in [0.15, 0.2) is 47.8 Å². The molecule has 8 heteroatoms. The summed E-state index contributed by atoms with van der Waals surface area (Å²) in [4.78, 5) is 16.2. The van der Waals surface area contributed by atoms with Gasteiger partial charge in [0.25, 0.3) is 5.91 Å². The van der Waals surface area contributed by atoms with Crippen LogP contribution in [-0.4, -0.2) is 31.2 Å². The molecule has 0 spiro atoms. The maximum absolute atomic E-state index is 14.5. The second kappa shape index (κ2) is 9.38. The summed E-state index contributed by atoms with van der Waals surface area (Å²) in [5.41, 5.74) is 1.15. The van der Waals surface area contributed by atoms with Gasteiger partial charge in [0.15, 0.2) is 0 Å². The van der Waals surface area contributed by atoms with Crippen LogP contribution in [0.4, 0.5) is 8.78 Å². The van der Waals surface area contributed by atoms with Crippen LogP contribution in [0.1, 0.15) is 16.1 Å². The molecule has 0 atom stereocenters. The molecule has 1 N–H and O–H groups in total. The van der Waals surface area contributed by atoms with Crippen molar-refractivity contribution in [3.63, 3.8) is 0 Å². The zero-order valence-corrected chi connectivity index (χ0v) is 15.9. The van der Waals surface area contributed by atoms with Crippen molar-refractivity contribution in [1.82, 2.24) is 10.3 Å². The number of aromatic nitrogens is 1. The van der Waals surface area contributed by atoms with Crippen LogP contribution in [0.5, 0.6) is 5.75 Å². The summed E-state index contributed by atoms with van der Waals surface area (Å²) in [6.07, 6.45) is 0. The molecule has 0 unspecified atom stereocenters. The van der Waals surface area contributed by atoms with Gasteiger partial charge in [-0.05, 0) is 29.8 Å². The number of amides is 1. The molecule has 0 aliphatic heterocycles. The number of carbonyl (C=O) groups excluding carboxylic acids is 1. The zero-order chi connectivity index (χ0) is 19.9. The Bertz CT molecular complexity index is 962. The van der Waals surface area contributed by atoms with E-state index in [2.05, 4.69) is 10.3 Å². The second-order valence-electron chi connectivity index (χ2n) is 5.85. The Balaban J connectivity index is 1.66. The van der Waals surface area contributed by atoms with E-state index in [9.17, 15) is 13.6 Å². The van der Waals surface area contributed by atoms with Crippen molar-refractivity contribution in [1.29, 1.82) is 0 Å².